The van der Waals surface area contributed by atoms with E-state index in [1.807, 2.05) is 4.90 Å². The van der Waals surface area contributed by atoms with Crippen LogP contribution >= 0.6 is 12.2 Å². The summed E-state index contributed by atoms with van der Waals surface area (Å²) >= 11 is 5.09. The molecule has 1 aliphatic heterocycles. The second-order valence-electron chi connectivity index (χ2n) is 4.62. The zero-order valence-corrected chi connectivity index (χ0v) is 11.8. The number of hydrogen-bond acceptors (Lipinski definition) is 4. The maximum absolute atomic E-state index is 12.1. The number of thiocarbonyl (C=S) groups is 1. The Bertz CT molecular complexity index is 439. The standard InChI is InChI=1S/C12H19N5OS/c1-2-10(11(13)19)16-5-7-17(8-6-16)12(18)9-3-4-14-15-9/h3-4,10H,2,5-8H2,1H3,(H2,13,19)(H,14,15). The van der Waals surface area contributed by atoms with Gasteiger partial charge in [0.1, 0.15) is 5.69 Å². The first-order valence-corrected chi connectivity index (χ1v) is 6.86. The van der Waals surface area contributed by atoms with Gasteiger partial charge in [-0.25, -0.2) is 0 Å². The summed E-state index contributed by atoms with van der Waals surface area (Å²) in [6.07, 6.45) is 2.49. The summed E-state index contributed by atoms with van der Waals surface area (Å²) in [6, 6.07) is 1.83. The van der Waals surface area contributed by atoms with Gasteiger partial charge in [0.15, 0.2) is 0 Å². The first kappa shape index (κ1) is 14.0. The highest BCUT2D eigenvalue weighted by Gasteiger charge is 2.27. The lowest BCUT2D eigenvalue weighted by atomic mass is 10.1. The predicted octanol–water partition coefficient (Wildman–Crippen LogP) is 0.232. The lowest BCUT2D eigenvalue weighted by Crippen LogP contribution is -2.54. The Hall–Kier alpha value is -1.47. The van der Waals surface area contributed by atoms with Crippen molar-refractivity contribution in [2.24, 2.45) is 5.73 Å². The van der Waals surface area contributed by atoms with Gasteiger partial charge in [0, 0.05) is 32.4 Å². The molecule has 0 radical (unpaired) electrons. The van der Waals surface area contributed by atoms with Crippen LogP contribution in [-0.2, 0) is 0 Å². The fourth-order valence-electron chi connectivity index (χ4n) is 2.42. The number of aromatic amines is 1. The summed E-state index contributed by atoms with van der Waals surface area (Å²) in [7, 11) is 0. The van der Waals surface area contributed by atoms with Gasteiger partial charge in [-0.05, 0) is 12.5 Å². The highest BCUT2D eigenvalue weighted by Crippen LogP contribution is 2.11. The quantitative estimate of drug-likeness (QED) is 0.773. The number of amides is 1. The molecule has 0 spiro atoms. The molecule has 0 aliphatic carbocycles. The van der Waals surface area contributed by atoms with E-state index < -0.39 is 0 Å². The number of nitrogens with zero attached hydrogens (tertiary/aromatic N) is 3. The Morgan fingerprint density at radius 2 is 2.21 bits per heavy atom. The lowest BCUT2D eigenvalue weighted by molar-refractivity contribution is 0.0606. The van der Waals surface area contributed by atoms with E-state index >= 15 is 0 Å². The number of nitrogens with two attached hydrogens (primary N) is 1. The summed E-state index contributed by atoms with van der Waals surface area (Å²) in [5, 5.41) is 6.50. The van der Waals surface area contributed by atoms with Crippen molar-refractivity contribution < 1.29 is 4.79 Å². The van der Waals surface area contributed by atoms with Crippen LogP contribution < -0.4 is 5.73 Å². The molecule has 19 heavy (non-hydrogen) atoms. The summed E-state index contributed by atoms with van der Waals surface area (Å²) in [6.45, 7) is 5.06. The third-order valence-corrected chi connectivity index (χ3v) is 3.76. The molecule has 1 atom stereocenters. The monoisotopic (exact) mass is 281 g/mol. The minimum absolute atomic E-state index is 0.000485. The molecule has 2 rings (SSSR count). The Morgan fingerprint density at radius 1 is 1.53 bits per heavy atom. The Labute approximate surface area is 117 Å². The maximum Gasteiger partial charge on any atom is 0.271 e. The van der Waals surface area contributed by atoms with Crippen LogP contribution in [0.4, 0.5) is 0 Å². The van der Waals surface area contributed by atoms with Crippen LogP contribution in [0.15, 0.2) is 12.3 Å². The number of aromatic nitrogens is 2. The van der Waals surface area contributed by atoms with Crippen molar-refractivity contribution in [3.05, 3.63) is 18.0 Å². The van der Waals surface area contributed by atoms with E-state index in [0.29, 0.717) is 23.8 Å². The van der Waals surface area contributed by atoms with Crippen LogP contribution in [0, 0.1) is 0 Å². The molecule has 1 fully saturated rings. The van der Waals surface area contributed by atoms with Gasteiger partial charge < -0.3 is 10.6 Å². The molecule has 1 saturated heterocycles. The Balaban J connectivity index is 1.92. The van der Waals surface area contributed by atoms with Gasteiger partial charge in [0.05, 0.1) is 11.0 Å². The first-order valence-electron chi connectivity index (χ1n) is 6.45. The molecule has 0 bridgehead atoms. The second kappa shape index (κ2) is 6.12. The zero-order valence-electron chi connectivity index (χ0n) is 11.0. The van der Waals surface area contributed by atoms with E-state index in [4.69, 9.17) is 18.0 Å². The number of H-pyrrole nitrogens is 1. The van der Waals surface area contributed by atoms with Gasteiger partial charge in [0.25, 0.3) is 5.91 Å². The Morgan fingerprint density at radius 3 is 2.68 bits per heavy atom. The van der Waals surface area contributed by atoms with Crippen LogP contribution in [-0.4, -0.2) is 63.1 Å². The molecule has 7 heteroatoms. The van der Waals surface area contributed by atoms with E-state index in [1.165, 1.54) is 0 Å². The van der Waals surface area contributed by atoms with Crippen LogP contribution in [0.5, 0.6) is 0 Å². The molecule has 3 N–H and O–H groups in total. The molecule has 6 nitrogen and oxygen atoms in total. The molecular formula is C12H19N5OS. The lowest BCUT2D eigenvalue weighted by Gasteiger charge is -2.38. The fraction of sp³-hybridized carbons (Fsp3) is 0.583. The third-order valence-electron chi connectivity index (χ3n) is 3.49. The van der Waals surface area contributed by atoms with Crippen LogP contribution in [0.3, 0.4) is 0 Å². The van der Waals surface area contributed by atoms with Crippen LogP contribution in [0.25, 0.3) is 0 Å². The number of piperazine rings is 1. The average Bonchev–Trinajstić information content (AvgIpc) is 2.93. The zero-order chi connectivity index (χ0) is 13.8. The molecular weight excluding hydrogens is 262 g/mol. The molecule has 0 aromatic carbocycles. The van der Waals surface area contributed by atoms with Gasteiger partial charge in [-0.1, -0.05) is 19.1 Å². The van der Waals surface area contributed by atoms with Crippen molar-refractivity contribution >= 4 is 23.1 Å². The SMILES string of the molecule is CCC(C(N)=S)N1CCN(C(=O)c2ccn[nH]2)CC1. The number of rotatable bonds is 4. The second-order valence-corrected chi connectivity index (χ2v) is 5.10. The summed E-state index contributed by atoms with van der Waals surface area (Å²) in [4.78, 5) is 16.7. The smallest absolute Gasteiger partial charge is 0.271 e. The van der Waals surface area contributed by atoms with E-state index in [2.05, 4.69) is 22.0 Å². The van der Waals surface area contributed by atoms with E-state index in [1.54, 1.807) is 12.3 Å². The van der Waals surface area contributed by atoms with Gasteiger partial charge in [0.2, 0.25) is 0 Å². The number of hydrogen-bond donors (Lipinski definition) is 2. The van der Waals surface area contributed by atoms with Gasteiger partial charge in [-0.15, -0.1) is 0 Å². The van der Waals surface area contributed by atoms with Crippen molar-refractivity contribution in [1.29, 1.82) is 0 Å². The Kier molecular flexibility index (Phi) is 4.49. The first-order chi connectivity index (χ1) is 9.13. The summed E-state index contributed by atoms with van der Waals surface area (Å²) < 4.78 is 0. The van der Waals surface area contributed by atoms with Gasteiger partial charge in [-0.3, -0.25) is 14.8 Å². The van der Waals surface area contributed by atoms with Gasteiger partial charge in [-0.2, -0.15) is 5.10 Å². The number of nitrogens with one attached hydrogen (secondary N) is 1. The molecule has 2 heterocycles. The van der Waals surface area contributed by atoms with E-state index in [-0.39, 0.29) is 11.9 Å². The highest BCUT2D eigenvalue weighted by atomic mass is 32.1. The minimum Gasteiger partial charge on any atom is -0.392 e. The predicted molar refractivity (Wildman–Crippen MR) is 76.9 cm³/mol. The fourth-order valence-corrected chi connectivity index (χ4v) is 2.74. The molecule has 1 aromatic heterocycles. The van der Waals surface area contributed by atoms with E-state index in [9.17, 15) is 4.79 Å². The molecule has 1 unspecified atom stereocenters. The normalized spacial score (nSPS) is 18.3. The third kappa shape index (κ3) is 3.10. The van der Waals surface area contributed by atoms with E-state index in [0.717, 1.165) is 19.5 Å². The highest BCUT2D eigenvalue weighted by molar-refractivity contribution is 7.80. The topological polar surface area (TPSA) is 78.2 Å². The maximum atomic E-state index is 12.1. The molecule has 1 aliphatic rings. The van der Waals surface area contributed by atoms with Crippen molar-refractivity contribution in [3.8, 4) is 0 Å². The van der Waals surface area contributed by atoms with Crippen LogP contribution in [0.2, 0.25) is 0 Å². The summed E-state index contributed by atoms with van der Waals surface area (Å²) in [5.41, 5.74) is 6.28. The van der Waals surface area contributed by atoms with Crippen molar-refractivity contribution in [2.45, 2.75) is 19.4 Å². The van der Waals surface area contributed by atoms with Crippen molar-refractivity contribution in [1.82, 2.24) is 20.0 Å². The van der Waals surface area contributed by atoms with Gasteiger partial charge >= 0.3 is 0 Å². The molecule has 104 valence electrons. The molecule has 0 saturated carbocycles. The van der Waals surface area contributed by atoms with Crippen molar-refractivity contribution in [2.75, 3.05) is 26.2 Å². The largest absolute Gasteiger partial charge is 0.392 e. The molecule has 1 amide bonds. The number of carbonyl (C=O) groups is 1. The van der Waals surface area contributed by atoms with Crippen molar-refractivity contribution in [3.63, 3.8) is 0 Å². The summed E-state index contributed by atoms with van der Waals surface area (Å²) in [5.74, 6) is 0.000485. The molecule has 1 aromatic rings. The van der Waals surface area contributed by atoms with Crippen LogP contribution in [0.1, 0.15) is 23.8 Å². The number of carbonyl (C=O) groups excluding carboxylic acids is 1. The minimum atomic E-state index is 0.000485. The average molecular weight is 281 g/mol.